The van der Waals surface area contributed by atoms with Gasteiger partial charge in [0.25, 0.3) is 0 Å². The largest absolute Gasteiger partial charge is 2.00 e. The average molecular weight is 282 g/mol. The van der Waals surface area contributed by atoms with Crippen molar-refractivity contribution in [2.75, 3.05) is 26.3 Å². The molecule has 0 N–H and O–H groups in total. The van der Waals surface area contributed by atoms with Crippen LogP contribution < -0.4 is 0 Å². The Bertz CT molecular complexity index is 311. The van der Waals surface area contributed by atoms with Crippen molar-refractivity contribution in [3.05, 3.63) is 34.3 Å². The van der Waals surface area contributed by atoms with Gasteiger partial charge in [-0.15, -0.1) is 0 Å². The van der Waals surface area contributed by atoms with Crippen LogP contribution in [0.25, 0.3) is 0 Å². The first-order chi connectivity index (χ1) is 6.84. The number of rotatable bonds is 2. The number of halogens is 1. The van der Waals surface area contributed by atoms with Gasteiger partial charge >= 0.3 is 23.1 Å². The normalized spacial score (nSPS) is 17.1. The molecule has 0 amide bonds. The fourth-order valence-corrected chi connectivity index (χ4v) is 2.10. The zero-order valence-corrected chi connectivity index (χ0v) is 11.8. The average Bonchev–Trinajstić information content (AvgIpc) is 2.19. The maximum atomic E-state index is 5.31. The van der Waals surface area contributed by atoms with E-state index in [4.69, 9.17) is 4.74 Å². The predicted molar refractivity (Wildman–Crippen MR) is 68.2 cm³/mol. The molecule has 0 unspecified atom stereocenters. The van der Waals surface area contributed by atoms with Gasteiger partial charge in [0, 0.05) is 24.1 Å². The molecule has 0 saturated carbocycles. The molecule has 15 heavy (non-hydrogen) atoms. The van der Waals surface area contributed by atoms with Gasteiger partial charge in [0.15, 0.2) is 0 Å². The number of morpholine rings is 1. The molecular formula is C11H16BrMgNO. The molecule has 80 valence electrons. The van der Waals surface area contributed by atoms with Crippen molar-refractivity contribution in [2.24, 2.45) is 0 Å². The Labute approximate surface area is 118 Å². The molecule has 0 bridgehead atoms. The molecular weight excluding hydrogens is 266 g/mol. The van der Waals surface area contributed by atoms with E-state index in [0.717, 1.165) is 37.3 Å². The van der Waals surface area contributed by atoms with Crippen LogP contribution in [0.2, 0.25) is 0 Å². The topological polar surface area (TPSA) is 12.5 Å². The van der Waals surface area contributed by atoms with Crippen molar-refractivity contribution < 1.29 is 7.59 Å². The Morgan fingerprint density at radius 2 is 2.07 bits per heavy atom. The molecule has 0 aliphatic carbocycles. The minimum Gasteiger partial charge on any atom is -1.00 e. The molecule has 0 aromatic heterocycles. The minimum absolute atomic E-state index is 0. The summed E-state index contributed by atoms with van der Waals surface area (Å²) in [4.78, 5) is 2.42. The van der Waals surface area contributed by atoms with Crippen molar-refractivity contribution in [1.29, 1.82) is 0 Å². The van der Waals surface area contributed by atoms with Gasteiger partial charge in [0.1, 0.15) is 0 Å². The summed E-state index contributed by atoms with van der Waals surface area (Å²) >= 11 is 3.48. The van der Waals surface area contributed by atoms with E-state index in [1.165, 1.54) is 5.56 Å². The molecule has 1 saturated heterocycles. The molecule has 1 aliphatic rings. The second kappa shape index (κ2) is 6.86. The Kier molecular flexibility index (Phi) is 6.15. The molecule has 2 nitrogen and oxygen atoms in total. The van der Waals surface area contributed by atoms with Gasteiger partial charge in [-0.3, -0.25) is 4.90 Å². The van der Waals surface area contributed by atoms with Gasteiger partial charge in [0.05, 0.1) is 13.2 Å². The van der Waals surface area contributed by atoms with E-state index in [0.29, 0.717) is 0 Å². The van der Waals surface area contributed by atoms with Crippen LogP contribution in [-0.4, -0.2) is 54.3 Å². The Hall–Kier alpha value is 0.386. The SMILES string of the molecule is Brc1cccc(CN2CCOCC2)c1.[H-].[H-].[Mg+2]. The smallest absolute Gasteiger partial charge is 1.00 e. The fraction of sp³-hybridized carbons (Fsp3) is 0.455. The number of ether oxygens (including phenoxy) is 1. The van der Waals surface area contributed by atoms with E-state index in [9.17, 15) is 0 Å². The Balaban J connectivity index is 0. The Morgan fingerprint density at radius 3 is 2.73 bits per heavy atom. The fourth-order valence-electron chi connectivity index (χ4n) is 1.65. The van der Waals surface area contributed by atoms with Crippen molar-refractivity contribution in [3.63, 3.8) is 0 Å². The molecule has 1 aromatic carbocycles. The number of hydrogen-bond acceptors (Lipinski definition) is 2. The van der Waals surface area contributed by atoms with E-state index in [2.05, 4.69) is 45.1 Å². The summed E-state index contributed by atoms with van der Waals surface area (Å²) in [5.74, 6) is 0. The first-order valence-electron chi connectivity index (χ1n) is 4.89. The molecule has 0 atom stereocenters. The van der Waals surface area contributed by atoms with Gasteiger partial charge in [-0.1, -0.05) is 28.1 Å². The minimum atomic E-state index is 0. The second-order valence-corrected chi connectivity index (χ2v) is 4.43. The van der Waals surface area contributed by atoms with Crippen LogP contribution in [0.5, 0.6) is 0 Å². The number of nitrogens with zero attached hydrogens (tertiary/aromatic N) is 1. The van der Waals surface area contributed by atoms with Crippen LogP contribution in [-0.2, 0) is 11.3 Å². The maximum absolute atomic E-state index is 5.31. The molecule has 2 rings (SSSR count). The van der Waals surface area contributed by atoms with Crippen molar-refractivity contribution in [2.45, 2.75) is 6.54 Å². The van der Waals surface area contributed by atoms with Gasteiger partial charge in [-0.25, -0.2) is 0 Å². The molecule has 4 heteroatoms. The predicted octanol–water partition coefficient (Wildman–Crippen LogP) is 2.13. The van der Waals surface area contributed by atoms with E-state index in [1.54, 1.807) is 0 Å². The molecule has 0 spiro atoms. The quantitative estimate of drug-likeness (QED) is 0.771. The van der Waals surface area contributed by atoms with Crippen molar-refractivity contribution in [3.8, 4) is 0 Å². The van der Waals surface area contributed by atoms with E-state index in [1.807, 2.05) is 0 Å². The maximum Gasteiger partial charge on any atom is 2.00 e. The van der Waals surface area contributed by atoms with Gasteiger partial charge < -0.3 is 7.59 Å². The van der Waals surface area contributed by atoms with Crippen LogP contribution in [0.4, 0.5) is 0 Å². The van der Waals surface area contributed by atoms with Crippen molar-refractivity contribution in [1.82, 2.24) is 4.90 Å². The van der Waals surface area contributed by atoms with Crippen molar-refractivity contribution >= 4 is 39.0 Å². The standard InChI is InChI=1S/C11H14BrNO.Mg.2H/c12-11-3-1-2-10(8-11)9-13-4-6-14-7-5-13;;;/h1-3,8H,4-7,9H2;;;/q;+2;2*-1. The second-order valence-electron chi connectivity index (χ2n) is 3.52. The zero-order chi connectivity index (χ0) is 9.80. The number of hydrogen-bond donors (Lipinski definition) is 0. The first kappa shape index (κ1) is 13.5. The first-order valence-corrected chi connectivity index (χ1v) is 5.68. The third-order valence-corrected chi connectivity index (χ3v) is 2.89. The van der Waals surface area contributed by atoms with Crippen LogP contribution in [0.15, 0.2) is 28.7 Å². The van der Waals surface area contributed by atoms with Crippen LogP contribution in [0.1, 0.15) is 8.42 Å². The summed E-state index contributed by atoms with van der Waals surface area (Å²) in [6.07, 6.45) is 0. The van der Waals surface area contributed by atoms with Crippen LogP contribution >= 0.6 is 15.9 Å². The summed E-state index contributed by atoms with van der Waals surface area (Å²) in [5.41, 5.74) is 1.36. The summed E-state index contributed by atoms with van der Waals surface area (Å²) < 4.78 is 6.47. The van der Waals surface area contributed by atoms with Crippen LogP contribution in [0.3, 0.4) is 0 Å². The molecule has 1 fully saturated rings. The number of benzene rings is 1. The summed E-state index contributed by atoms with van der Waals surface area (Å²) in [6, 6.07) is 8.48. The molecule has 1 heterocycles. The molecule has 1 aromatic rings. The third-order valence-electron chi connectivity index (χ3n) is 2.40. The molecule has 0 radical (unpaired) electrons. The third kappa shape index (κ3) is 4.40. The summed E-state index contributed by atoms with van der Waals surface area (Å²) in [6.45, 7) is 4.86. The van der Waals surface area contributed by atoms with Gasteiger partial charge in [0.2, 0.25) is 0 Å². The van der Waals surface area contributed by atoms with Gasteiger partial charge in [-0.2, -0.15) is 0 Å². The summed E-state index contributed by atoms with van der Waals surface area (Å²) in [5, 5.41) is 0. The Morgan fingerprint density at radius 1 is 1.33 bits per heavy atom. The van der Waals surface area contributed by atoms with Gasteiger partial charge in [-0.05, 0) is 17.7 Å². The van der Waals surface area contributed by atoms with E-state index >= 15 is 0 Å². The zero-order valence-electron chi connectivity index (χ0n) is 10.8. The monoisotopic (exact) mass is 281 g/mol. The van der Waals surface area contributed by atoms with E-state index in [-0.39, 0.29) is 25.9 Å². The van der Waals surface area contributed by atoms with E-state index < -0.39 is 0 Å². The summed E-state index contributed by atoms with van der Waals surface area (Å²) in [7, 11) is 0. The molecule has 1 aliphatic heterocycles. The van der Waals surface area contributed by atoms with Crippen LogP contribution in [0, 0.1) is 0 Å².